The van der Waals surface area contributed by atoms with Crippen LogP contribution in [-0.4, -0.2) is 24.7 Å². The van der Waals surface area contributed by atoms with Gasteiger partial charge < -0.3 is 9.64 Å². The van der Waals surface area contributed by atoms with Gasteiger partial charge in [-0.25, -0.2) is 4.98 Å². The van der Waals surface area contributed by atoms with Crippen LogP contribution in [0.1, 0.15) is 31.7 Å². The van der Waals surface area contributed by atoms with Crippen LogP contribution in [0.2, 0.25) is 0 Å². The number of nitrogens with zero attached hydrogens (tertiary/aromatic N) is 3. The minimum Gasteiger partial charge on any atom is -0.489 e. The van der Waals surface area contributed by atoms with Gasteiger partial charge in [0.2, 0.25) is 0 Å². The smallest absolute Gasteiger partial charge is 0.172 e. The third-order valence-corrected chi connectivity index (χ3v) is 4.14. The normalized spacial score (nSPS) is 14.3. The molecule has 1 aliphatic heterocycles. The topological polar surface area (TPSA) is 49.1 Å². The van der Waals surface area contributed by atoms with Crippen LogP contribution < -0.4 is 9.64 Å². The van der Waals surface area contributed by atoms with Crippen molar-refractivity contribution in [3.63, 3.8) is 0 Å². The van der Waals surface area contributed by atoms with E-state index in [1.54, 1.807) is 6.20 Å². The molecule has 0 amide bonds. The number of nitriles is 1. The van der Waals surface area contributed by atoms with Gasteiger partial charge >= 0.3 is 0 Å². The fourth-order valence-corrected chi connectivity index (χ4v) is 3.07. The van der Waals surface area contributed by atoms with Crippen molar-refractivity contribution in [1.82, 2.24) is 4.98 Å². The molecule has 2 heterocycles. The Kier molecular flexibility index (Phi) is 4.77. The minimum atomic E-state index is 0.553. The van der Waals surface area contributed by atoms with Crippen LogP contribution in [0, 0.1) is 11.3 Å². The summed E-state index contributed by atoms with van der Waals surface area (Å²) in [6.07, 6.45) is 5.29. The maximum atomic E-state index is 9.51. The molecule has 0 atom stereocenters. The van der Waals surface area contributed by atoms with E-state index in [1.165, 1.54) is 19.3 Å². The first kappa shape index (κ1) is 15.4. The van der Waals surface area contributed by atoms with E-state index in [2.05, 4.69) is 16.0 Å². The molecule has 1 aromatic heterocycles. The minimum absolute atomic E-state index is 0.553. The van der Waals surface area contributed by atoms with Gasteiger partial charge in [-0.3, -0.25) is 0 Å². The third-order valence-electron chi connectivity index (χ3n) is 4.14. The maximum absolute atomic E-state index is 9.51. The van der Waals surface area contributed by atoms with Crippen molar-refractivity contribution in [2.24, 2.45) is 0 Å². The van der Waals surface area contributed by atoms with Crippen LogP contribution in [0.3, 0.4) is 0 Å². The molecule has 0 aliphatic carbocycles. The molecule has 4 heteroatoms. The van der Waals surface area contributed by atoms with E-state index < -0.39 is 0 Å². The van der Waals surface area contributed by atoms with E-state index >= 15 is 0 Å². The Bertz CT molecular complexity index is 701. The molecule has 3 rings (SSSR count). The van der Waals surface area contributed by atoms with Crippen molar-refractivity contribution in [3.8, 4) is 22.9 Å². The van der Waals surface area contributed by atoms with Crippen molar-refractivity contribution in [2.75, 3.05) is 24.6 Å². The van der Waals surface area contributed by atoms with Crippen LogP contribution in [-0.2, 0) is 0 Å². The van der Waals surface area contributed by atoms with E-state index in [9.17, 15) is 5.26 Å². The van der Waals surface area contributed by atoms with Crippen molar-refractivity contribution < 1.29 is 4.74 Å². The number of benzene rings is 1. The maximum Gasteiger partial charge on any atom is 0.172 e. The standard InChI is InChI=1S/C19H21N3O/c1-2-23-18-17(15-9-5-3-6-10-15)16(13-20)14-21-19(18)22-11-7-4-8-12-22/h3,5-6,9-10,14H,2,4,7-8,11-12H2,1H3. The highest BCUT2D eigenvalue weighted by Crippen LogP contribution is 2.40. The molecule has 1 aromatic carbocycles. The second kappa shape index (κ2) is 7.15. The Hall–Kier alpha value is -2.54. The molecule has 23 heavy (non-hydrogen) atoms. The first-order valence-corrected chi connectivity index (χ1v) is 8.21. The molecule has 0 spiro atoms. The molecule has 0 bridgehead atoms. The lowest BCUT2D eigenvalue weighted by atomic mass is 10.00. The zero-order chi connectivity index (χ0) is 16.1. The molecule has 0 N–H and O–H groups in total. The third kappa shape index (κ3) is 3.14. The molecule has 118 valence electrons. The summed E-state index contributed by atoms with van der Waals surface area (Å²) in [5, 5.41) is 9.51. The predicted octanol–water partition coefficient (Wildman–Crippen LogP) is 4.01. The van der Waals surface area contributed by atoms with Crippen molar-refractivity contribution in [1.29, 1.82) is 5.26 Å². The average molecular weight is 307 g/mol. The second-order valence-corrected chi connectivity index (χ2v) is 5.66. The van der Waals surface area contributed by atoms with Gasteiger partial charge in [0.1, 0.15) is 6.07 Å². The Balaban J connectivity index is 2.16. The summed E-state index contributed by atoms with van der Waals surface area (Å²) in [7, 11) is 0. The van der Waals surface area contributed by atoms with Crippen LogP contribution in [0.25, 0.3) is 11.1 Å². The van der Waals surface area contributed by atoms with E-state index in [4.69, 9.17) is 4.74 Å². The lowest BCUT2D eigenvalue weighted by Crippen LogP contribution is -2.30. The summed E-state index contributed by atoms with van der Waals surface area (Å²) in [6, 6.07) is 12.2. The van der Waals surface area contributed by atoms with Crippen molar-refractivity contribution >= 4 is 5.82 Å². The summed E-state index contributed by atoms with van der Waals surface area (Å²) in [5.41, 5.74) is 2.40. The first-order chi connectivity index (χ1) is 11.3. The molecule has 1 fully saturated rings. The van der Waals surface area contributed by atoms with Crippen LogP contribution in [0.5, 0.6) is 5.75 Å². The zero-order valence-electron chi connectivity index (χ0n) is 13.5. The number of ether oxygens (including phenoxy) is 1. The predicted molar refractivity (Wildman–Crippen MR) is 91.6 cm³/mol. The molecule has 1 aliphatic rings. The first-order valence-electron chi connectivity index (χ1n) is 8.21. The molecule has 1 saturated heterocycles. The van der Waals surface area contributed by atoms with Crippen LogP contribution >= 0.6 is 0 Å². The highest BCUT2D eigenvalue weighted by atomic mass is 16.5. The Labute approximate surface area is 137 Å². The summed E-state index contributed by atoms with van der Waals surface area (Å²) >= 11 is 0. The van der Waals surface area contributed by atoms with Gasteiger partial charge in [-0.1, -0.05) is 30.3 Å². The number of hydrogen-bond acceptors (Lipinski definition) is 4. The fourth-order valence-electron chi connectivity index (χ4n) is 3.07. The molecule has 4 nitrogen and oxygen atoms in total. The van der Waals surface area contributed by atoms with Gasteiger partial charge in [0.25, 0.3) is 0 Å². The van der Waals surface area contributed by atoms with Crippen molar-refractivity contribution in [3.05, 3.63) is 42.1 Å². The number of hydrogen-bond donors (Lipinski definition) is 0. The number of rotatable bonds is 4. The molecule has 0 saturated carbocycles. The largest absolute Gasteiger partial charge is 0.489 e. The molecule has 0 radical (unpaired) electrons. The highest BCUT2D eigenvalue weighted by molar-refractivity contribution is 5.81. The Morgan fingerprint density at radius 1 is 1.17 bits per heavy atom. The van der Waals surface area contributed by atoms with E-state index in [0.29, 0.717) is 12.2 Å². The summed E-state index contributed by atoms with van der Waals surface area (Å²) in [5.74, 6) is 1.60. The lowest BCUT2D eigenvalue weighted by molar-refractivity contribution is 0.339. The van der Waals surface area contributed by atoms with Gasteiger partial charge in [-0.05, 0) is 31.7 Å². The summed E-state index contributed by atoms with van der Waals surface area (Å²) < 4.78 is 5.96. The van der Waals surface area contributed by atoms with E-state index in [1.807, 2.05) is 37.3 Å². The molecule has 2 aromatic rings. The van der Waals surface area contributed by atoms with Crippen LogP contribution in [0.4, 0.5) is 5.82 Å². The van der Waals surface area contributed by atoms with Gasteiger partial charge in [-0.15, -0.1) is 0 Å². The number of aromatic nitrogens is 1. The van der Waals surface area contributed by atoms with Crippen molar-refractivity contribution in [2.45, 2.75) is 26.2 Å². The zero-order valence-corrected chi connectivity index (χ0v) is 13.5. The second-order valence-electron chi connectivity index (χ2n) is 5.66. The summed E-state index contributed by atoms with van der Waals surface area (Å²) in [6.45, 7) is 4.51. The molecular formula is C19H21N3O. The number of piperidine rings is 1. The van der Waals surface area contributed by atoms with Gasteiger partial charge in [-0.2, -0.15) is 5.26 Å². The van der Waals surface area contributed by atoms with Gasteiger partial charge in [0.15, 0.2) is 11.6 Å². The summed E-state index contributed by atoms with van der Waals surface area (Å²) in [4.78, 5) is 6.84. The Morgan fingerprint density at radius 3 is 2.57 bits per heavy atom. The SMILES string of the molecule is CCOc1c(N2CCCCC2)ncc(C#N)c1-c1ccccc1. The molecular weight excluding hydrogens is 286 g/mol. The highest BCUT2D eigenvalue weighted by Gasteiger charge is 2.23. The fraction of sp³-hybridized carbons (Fsp3) is 0.368. The lowest BCUT2D eigenvalue weighted by Gasteiger charge is -2.30. The van der Waals surface area contributed by atoms with E-state index in [-0.39, 0.29) is 0 Å². The number of anilines is 1. The number of pyridine rings is 1. The Morgan fingerprint density at radius 2 is 1.91 bits per heavy atom. The monoisotopic (exact) mass is 307 g/mol. The van der Waals surface area contributed by atoms with Crippen LogP contribution in [0.15, 0.2) is 36.5 Å². The molecule has 0 unspecified atom stereocenters. The van der Waals surface area contributed by atoms with Gasteiger partial charge in [0, 0.05) is 24.8 Å². The quantitative estimate of drug-likeness (QED) is 0.856. The van der Waals surface area contributed by atoms with Gasteiger partial charge in [0.05, 0.1) is 12.2 Å². The average Bonchev–Trinajstić information content (AvgIpc) is 2.63. The van der Waals surface area contributed by atoms with E-state index in [0.717, 1.165) is 35.8 Å².